The summed E-state index contributed by atoms with van der Waals surface area (Å²) in [6, 6.07) is 0. The lowest BCUT2D eigenvalue weighted by molar-refractivity contribution is -0.125. The van der Waals surface area contributed by atoms with Gasteiger partial charge in [-0.15, -0.1) is 0 Å². The van der Waals surface area contributed by atoms with Crippen LogP contribution in [0.5, 0.6) is 0 Å². The molecule has 12 heavy (non-hydrogen) atoms. The molecule has 2 fully saturated rings. The highest BCUT2D eigenvalue weighted by Gasteiger charge is 2.29. The summed E-state index contributed by atoms with van der Waals surface area (Å²) in [5.74, 6) is 1.51. The van der Waals surface area contributed by atoms with Crippen molar-refractivity contribution in [3.63, 3.8) is 0 Å². The van der Waals surface area contributed by atoms with Crippen LogP contribution in [0.1, 0.15) is 39.5 Å². The quantitative estimate of drug-likeness (QED) is 0.590. The van der Waals surface area contributed by atoms with Crippen LogP contribution in [0, 0.1) is 11.8 Å². The maximum absolute atomic E-state index is 11.3. The molecule has 2 unspecified atom stereocenters. The van der Waals surface area contributed by atoms with E-state index >= 15 is 0 Å². The van der Waals surface area contributed by atoms with Crippen LogP contribution in [0.3, 0.4) is 0 Å². The Balaban J connectivity index is 0.000000720. The molecule has 0 spiro atoms. The van der Waals surface area contributed by atoms with E-state index in [1.165, 1.54) is 19.3 Å². The molecule has 1 aliphatic heterocycles. The molecule has 0 radical (unpaired) electrons. The van der Waals surface area contributed by atoms with Crippen LogP contribution in [0.4, 0.5) is 0 Å². The molecule has 2 rings (SSSR count). The summed E-state index contributed by atoms with van der Waals surface area (Å²) >= 11 is 0. The highest BCUT2D eigenvalue weighted by molar-refractivity contribution is 5.78. The van der Waals surface area contributed by atoms with E-state index in [0.717, 1.165) is 25.3 Å². The van der Waals surface area contributed by atoms with Crippen molar-refractivity contribution in [2.75, 3.05) is 6.54 Å². The lowest BCUT2D eigenvalue weighted by Crippen LogP contribution is -2.29. The van der Waals surface area contributed by atoms with E-state index in [1.54, 1.807) is 0 Å². The maximum Gasteiger partial charge on any atom is 0.223 e. The summed E-state index contributed by atoms with van der Waals surface area (Å²) in [7, 11) is 0. The molecule has 0 aromatic rings. The van der Waals surface area contributed by atoms with Crippen LogP contribution in [0.25, 0.3) is 0 Å². The lowest BCUT2D eigenvalue weighted by Gasteiger charge is -2.23. The molecule has 0 aromatic heterocycles. The fourth-order valence-electron chi connectivity index (χ4n) is 2.34. The van der Waals surface area contributed by atoms with E-state index in [0.29, 0.717) is 11.8 Å². The topological polar surface area (TPSA) is 29.1 Å². The predicted octanol–water partition coefficient (Wildman–Crippen LogP) is 1.95. The highest BCUT2D eigenvalue weighted by atomic mass is 16.1. The maximum atomic E-state index is 11.3. The Morgan fingerprint density at radius 1 is 1.25 bits per heavy atom. The van der Waals surface area contributed by atoms with Gasteiger partial charge in [-0.2, -0.15) is 0 Å². The second kappa shape index (κ2) is 3.92. The van der Waals surface area contributed by atoms with Gasteiger partial charge in [0, 0.05) is 12.5 Å². The first-order valence-electron chi connectivity index (χ1n) is 4.64. The Labute approximate surface area is 74.7 Å². The van der Waals surface area contributed by atoms with Crippen molar-refractivity contribution in [1.29, 1.82) is 0 Å². The van der Waals surface area contributed by atoms with Crippen molar-refractivity contribution in [2.24, 2.45) is 11.8 Å². The van der Waals surface area contributed by atoms with Gasteiger partial charge in [0.15, 0.2) is 0 Å². The van der Waals surface area contributed by atoms with Gasteiger partial charge in [0.2, 0.25) is 5.91 Å². The zero-order chi connectivity index (χ0) is 7.68. The Morgan fingerprint density at radius 2 is 2.08 bits per heavy atom. The van der Waals surface area contributed by atoms with Crippen LogP contribution in [-0.2, 0) is 4.79 Å². The molecule has 70 valence electrons. The van der Waals surface area contributed by atoms with Gasteiger partial charge in [-0.3, -0.25) is 4.79 Å². The minimum atomic E-state index is 0. The largest absolute Gasteiger partial charge is 0.356 e. The summed E-state index contributed by atoms with van der Waals surface area (Å²) in [4.78, 5) is 11.3. The molecule has 1 heterocycles. The van der Waals surface area contributed by atoms with Crippen LogP contribution >= 0.6 is 0 Å². The average Bonchev–Trinajstić information content (AvgIpc) is 2.14. The van der Waals surface area contributed by atoms with Crippen molar-refractivity contribution in [3.05, 3.63) is 0 Å². The van der Waals surface area contributed by atoms with Gasteiger partial charge in [0.1, 0.15) is 0 Å². The summed E-state index contributed by atoms with van der Waals surface area (Å²) in [6.45, 7) is 0.917. The number of hydrogen-bond donors (Lipinski definition) is 1. The Kier molecular flexibility index (Phi) is 3.12. The fourth-order valence-corrected chi connectivity index (χ4v) is 2.34. The molecule has 1 N–H and O–H groups in total. The number of fused-ring (bicyclic) bond motifs is 2. The SMILES string of the molecule is C.O=C1NCCC2CCCC1C2. The average molecular weight is 169 g/mol. The zero-order valence-corrected chi connectivity index (χ0v) is 6.81. The molecular weight excluding hydrogens is 150 g/mol. The third-order valence-electron chi connectivity index (χ3n) is 3.01. The first kappa shape index (κ1) is 9.56. The van der Waals surface area contributed by atoms with Gasteiger partial charge < -0.3 is 5.32 Å². The normalized spacial score (nSPS) is 34.5. The fraction of sp³-hybridized carbons (Fsp3) is 0.900. The second-order valence-corrected chi connectivity index (χ2v) is 3.81. The highest BCUT2D eigenvalue weighted by Crippen LogP contribution is 2.32. The molecule has 1 aliphatic carbocycles. The molecule has 2 nitrogen and oxygen atoms in total. The van der Waals surface area contributed by atoms with Gasteiger partial charge in [-0.1, -0.05) is 20.3 Å². The van der Waals surface area contributed by atoms with Crippen LogP contribution in [0.2, 0.25) is 0 Å². The molecule has 2 aliphatic rings. The van der Waals surface area contributed by atoms with E-state index in [9.17, 15) is 4.79 Å². The summed E-state index contributed by atoms with van der Waals surface area (Å²) < 4.78 is 0. The lowest BCUT2D eigenvalue weighted by atomic mass is 9.81. The third-order valence-corrected chi connectivity index (χ3v) is 3.01. The second-order valence-electron chi connectivity index (χ2n) is 3.81. The van der Waals surface area contributed by atoms with Gasteiger partial charge in [0.25, 0.3) is 0 Å². The number of rotatable bonds is 0. The first-order chi connectivity index (χ1) is 5.36. The molecule has 2 bridgehead atoms. The molecule has 2 heteroatoms. The van der Waals surface area contributed by atoms with Gasteiger partial charge in [-0.05, 0) is 25.2 Å². The minimum Gasteiger partial charge on any atom is -0.356 e. The number of carbonyl (C=O) groups excluding carboxylic acids is 1. The number of amides is 1. The third kappa shape index (κ3) is 1.79. The molecule has 1 saturated heterocycles. The van der Waals surface area contributed by atoms with Crippen molar-refractivity contribution in [2.45, 2.75) is 39.5 Å². The molecule has 2 atom stereocenters. The molecule has 1 saturated carbocycles. The van der Waals surface area contributed by atoms with Crippen LogP contribution in [0.15, 0.2) is 0 Å². The minimum absolute atomic E-state index is 0. The summed E-state index contributed by atoms with van der Waals surface area (Å²) in [6.07, 6.45) is 6.12. The van der Waals surface area contributed by atoms with Crippen molar-refractivity contribution in [1.82, 2.24) is 5.32 Å². The summed E-state index contributed by atoms with van der Waals surface area (Å²) in [5, 5.41) is 2.98. The van der Waals surface area contributed by atoms with E-state index in [4.69, 9.17) is 0 Å². The molecule has 1 amide bonds. The number of hydrogen-bond acceptors (Lipinski definition) is 1. The summed E-state index contributed by atoms with van der Waals surface area (Å²) in [5.41, 5.74) is 0. The number of carbonyl (C=O) groups is 1. The van der Waals surface area contributed by atoms with E-state index < -0.39 is 0 Å². The van der Waals surface area contributed by atoms with E-state index in [-0.39, 0.29) is 7.43 Å². The molecule has 0 aromatic carbocycles. The van der Waals surface area contributed by atoms with Gasteiger partial charge in [0.05, 0.1) is 0 Å². The zero-order valence-electron chi connectivity index (χ0n) is 6.81. The monoisotopic (exact) mass is 169 g/mol. The Hall–Kier alpha value is -0.530. The van der Waals surface area contributed by atoms with Crippen molar-refractivity contribution < 1.29 is 4.79 Å². The predicted molar refractivity (Wildman–Crippen MR) is 49.8 cm³/mol. The number of nitrogens with one attached hydrogen (secondary N) is 1. The van der Waals surface area contributed by atoms with E-state index in [1.807, 2.05) is 0 Å². The van der Waals surface area contributed by atoms with Crippen molar-refractivity contribution >= 4 is 5.91 Å². The standard InChI is InChI=1S/C9H15NO.CH4/c11-9-8-3-1-2-7(6-8)4-5-10-9;/h7-8H,1-6H2,(H,10,11);1H4. The Morgan fingerprint density at radius 3 is 2.92 bits per heavy atom. The van der Waals surface area contributed by atoms with Gasteiger partial charge in [-0.25, -0.2) is 0 Å². The van der Waals surface area contributed by atoms with Crippen molar-refractivity contribution in [3.8, 4) is 0 Å². The van der Waals surface area contributed by atoms with Crippen LogP contribution in [-0.4, -0.2) is 12.5 Å². The molecular formula is C10H19NO. The van der Waals surface area contributed by atoms with Gasteiger partial charge >= 0.3 is 0 Å². The smallest absolute Gasteiger partial charge is 0.223 e. The Bertz CT molecular complexity index is 167. The first-order valence-corrected chi connectivity index (χ1v) is 4.64. The van der Waals surface area contributed by atoms with Crippen LogP contribution < -0.4 is 5.32 Å². The van der Waals surface area contributed by atoms with E-state index in [2.05, 4.69) is 5.32 Å².